The molecule has 2 heterocycles. The van der Waals surface area contributed by atoms with Gasteiger partial charge in [-0.1, -0.05) is 18.2 Å². The van der Waals surface area contributed by atoms with Crippen molar-refractivity contribution in [3.63, 3.8) is 0 Å². The summed E-state index contributed by atoms with van der Waals surface area (Å²) >= 11 is 5.15. The molecule has 2 amide bonds. The van der Waals surface area contributed by atoms with Crippen LogP contribution in [-0.4, -0.2) is 16.9 Å². The van der Waals surface area contributed by atoms with E-state index in [1.807, 2.05) is 25.1 Å². The van der Waals surface area contributed by atoms with E-state index in [9.17, 15) is 9.59 Å². The van der Waals surface area contributed by atoms with Crippen LogP contribution in [0, 0.1) is 6.92 Å². The number of rotatable bonds is 3. The van der Waals surface area contributed by atoms with Gasteiger partial charge in [0.05, 0.1) is 12.0 Å². The first-order valence-electron chi connectivity index (χ1n) is 7.24. The van der Waals surface area contributed by atoms with Gasteiger partial charge in [-0.3, -0.25) is 19.8 Å². The molecule has 0 spiro atoms. The zero-order valence-corrected chi connectivity index (χ0v) is 13.7. The Hall–Kier alpha value is -2.99. The minimum absolute atomic E-state index is 0.00733. The maximum atomic E-state index is 12.7. The van der Waals surface area contributed by atoms with Crippen molar-refractivity contribution in [2.24, 2.45) is 0 Å². The molecule has 0 unspecified atom stereocenters. The lowest BCUT2D eigenvalue weighted by Crippen LogP contribution is -2.54. The number of furan rings is 1. The number of carbonyl (C=O) groups excluding carboxylic acids is 2. The average molecular weight is 338 g/mol. The molecule has 1 aromatic carbocycles. The molecule has 120 valence electrons. The van der Waals surface area contributed by atoms with Gasteiger partial charge in [-0.15, -0.1) is 0 Å². The monoisotopic (exact) mass is 338 g/mol. The van der Waals surface area contributed by atoms with E-state index in [1.54, 1.807) is 36.6 Å². The molecule has 1 N–H and O–H groups in total. The first kappa shape index (κ1) is 15.9. The number of nitrogens with zero attached hydrogens (tertiary/aromatic N) is 1. The normalized spacial score (nSPS) is 17.0. The minimum atomic E-state index is -0.516. The summed E-state index contributed by atoms with van der Waals surface area (Å²) in [6, 6.07) is 10.9. The van der Waals surface area contributed by atoms with Crippen molar-refractivity contribution in [2.45, 2.75) is 6.92 Å². The number of hydrogen-bond donors (Lipinski definition) is 1. The Morgan fingerprint density at radius 1 is 1.21 bits per heavy atom. The van der Waals surface area contributed by atoms with E-state index in [-0.39, 0.29) is 10.7 Å². The van der Waals surface area contributed by atoms with Gasteiger partial charge in [-0.25, -0.2) is 0 Å². The molecule has 6 heteroatoms. The predicted octanol–water partition coefficient (Wildman–Crippen LogP) is 2.98. The Balaban J connectivity index is 1.91. The van der Waals surface area contributed by atoms with Crippen LogP contribution in [0.3, 0.4) is 0 Å². The second-order valence-corrected chi connectivity index (χ2v) is 5.58. The third-order valence-corrected chi connectivity index (χ3v) is 3.71. The number of hydrogen-bond acceptors (Lipinski definition) is 4. The molecule has 0 bridgehead atoms. The molecular weight excluding hydrogens is 324 g/mol. The van der Waals surface area contributed by atoms with E-state index in [2.05, 4.69) is 5.32 Å². The molecule has 0 saturated carbocycles. The fourth-order valence-corrected chi connectivity index (χ4v) is 2.58. The molecular formula is C18H14N2O3S. The van der Waals surface area contributed by atoms with Crippen molar-refractivity contribution < 1.29 is 14.0 Å². The average Bonchev–Trinajstić information content (AvgIpc) is 3.03. The van der Waals surface area contributed by atoms with Crippen molar-refractivity contribution in [1.82, 2.24) is 5.32 Å². The smallest absolute Gasteiger partial charge is 0.270 e. The molecule has 5 nitrogen and oxygen atoms in total. The van der Waals surface area contributed by atoms with E-state index in [1.165, 1.54) is 11.0 Å². The van der Waals surface area contributed by atoms with Crippen molar-refractivity contribution >= 4 is 40.9 Å². The lowest BCUT2D eigenvalue weighted by atomic mass is 10.1. The number of anilines is 1. The number of allylic oxidation sites excluding steroid dienone is 2. The van der Waals surface area contributed by atoms with Gasteiger partial charge in [-0.2, -0.15) is 0 Å². The Labute approximate surface area is 144 Å². The van der Waals surface area contributed by atoms with Gasteiger partial charge in [0, 0.05) is 0 Å². The molecule has 1 saturated heterocycles. The van der Waals surface area contributed by atoms with Crippen LogP contribution in [0.4, 0.5) is 5.69 Å². The van der Waals surface area contributed by atoms with Gasteiger partial charge >= 0.3 is 0 Å². The summed E-state index contributed by atoms with van der Waals surface area (Å²) in [5, 5.41) is 2.62. The van der Waals surface area contributed by atoms with Crippen molar-refractivity contribution in [3.05, 3.63) is 71.7 Å². The highest BCUT2D eigenvalue weighted by Gasteiger charge is 2.34. The van der Waals surface area contributed by atoms with Crippen LogP contribution < -0.4 is 10.2 Å². The van der Waals surface area contributed by atoms with Gasteiger partial charge < -0.3 is 4.42 Å². The molecule has 1 aromatic heterocycles. The SMILES string of the molecule is Cc1cccc(N2C(=O)C(=CC=Cc3ccco3)C(=O)NC2=S)c1. The highest BCUT2D eigenvalue weighted by molar-refractivity contribution is 7.80. The van der Waals surface area contributed by atoms with E-state index in [0.717, 1.165) is 5.56 Å². The quantitative estimate of drug-likeness (QED) is 0.531. The number of benzene rings is 1. The summed E-state index contributed by atoms with van der Waals surface area (Å²) in [5.74, 6) is -0.349. The number of thiocarbonyl (C=S) groups is 1. The first-order chi connectivity index (χ1) is 11.6. The molecule has 1 fully saturated rings. The van der Waals surface area contributed by atoms with Crippen LogP contribution in [0.5, 0.6) is 0 Å². The highest BCUT2D eigenvalue weighted by atomic mass is 32.1. The molecule has 0 aliphatic carbocycles. The second-order valence-electron chi connectivity index (χ2n) is 5.19. The van der Waals surface area contributed by atoms with E-state index in [4.69, 9.17) is 16.6 Å². The maximum Gasteiger partial charge on any atom is 0.270 e. The van der Waals surface area contributed by atoms with Crippen molar-refractivity contribution in [1.29, 1.82) is 0 Å². The molecule has 1 aliphatic heterocycles. The lowest BCUT2D eigenvalue weighted by molar-refractivity contribution is -0.122. The topological polar surface area (TPSA) is 62.6 Å². The standard InChI is InChI=1S/C18H14N2O3S/c1-12-5-2-6-13(11-12)20-17(22)15(16(21)19-18(20)24)9-3-7-14-8-4-10-23-14/h2-11H,1H3,(H,19,21,24). The van der Waals surface area contributed by atoms with Crippen molar-refractivity contribution in [3.8, 4) is 0 Å². The van der Waals surface area contributed by atoms with Crippen molar-refractivity contribution in [2.75, 3.05) is 4.90 Å². The van der Waals surface area contributed by atoms with Gasteiger partial charge in [0.25, 0.3) is 11.8 Å². The molecule has 0 atom stereocenters. The van der Waals surface area contributed by atoms with Gasteiger partial charge in [0.2, 0.25) is 0 Å². The molecule has 2 aromatic rings. The Kier molecular flexibility index (Phi) is 4.39. The number of carbonyl (C=O) groups is 2. The Morgan fingerprint density at radius 2 is 2.04 bits per heavy atom. The zero-order valence-electron chi connectivity index (χ0n) is 12.9. The van der Waals surface area contributed by atoms with Crippen LogP contribution >= 0.6 is 12.2 Å². The zero-order chi connectivity index (χ0) is 17.1. The van der Waals surface area contributed by atoms with E-state index in [0.29, 0.717) is 11.4 Å². The summed E-state index contributed by atoms with van der Waals surface area (Å²) in [5.41, 5.74) is 1.61. The van der Waals surface area contributed by atoms with Crippen LogP contribution in [0.25, 0.3) is 6.08 Å². The first-order valence-corrected chi connectivity index (χ1v) is 7.65. The minimum Gasteiger partial charge on any atom is -0.465 e. The lowest BCUT2D eigenvalue weighted by Gasteiger charge is -2.28. The summed E-state index contributed by atoms with van der Waals surface area (Å²) in [4.78, 5) is 26.1. The number of amides is 2. The summed E-state index contributed by atoms with van der Waals surface area (Å²) in [7, 11) is 0. The Bertz CT molecular complexity index is 866. The highest BCUT2D eigenvalue weighted by Crippen LogP contribution is 2.21. The van der Waals surface area contributed by atoms with E-state index >= 15 is 0 Å². The third-order valence-electron chi connectivity index (χ3n) is 3.43. The number of nitrogens with one attached hydrogen (secondary N) is 1. The van der Waals surface area contributed by atoms with E-state index < -0.39 is 11.8 Å². The van der Waals surface area contributed by atoms with Crippen LogP contribution in [0.2, 0.25) is 0 Å². The summed E-state index contributed by atoms with van der Waals surface area (Å²) < 4.78 is 5.16. The van der Waals surface area contributed by atoms with Crippen LogP contribution in [0.15, 0.2) is 64.8 Å². The van der Waals surface area contributed by atoms with Crippen LogP contribution in [0.1, 0.15) is 11.3 Å². The molecule has 24 heavy (non-hydrogen) atoms. The molecule has 3 rings (SSSR count). The fraction of sp³-hybridized carbons (Fsp3) is 0.0556. The van der Waals surface area contributed by atoms with Gasteiger partial charge in [0.1, 0.15) is 11.3 Å². The molecule has 1 aliphatic rings. The summed E-state index contributed by atoms with van der Waals surface area (Å²) in [6.45, 7) is 1.92. The fourth-order valence-electron chi connectivity index (χ4n) is 2.30. The predicted molar refractivity (Wildman–Crippen MR) is 95.2 cm³/mol. The van der Waals surface area contributed by atoms with Gasteiger partial charge in [0.15, 0.2) is 5.11 Å². The maximum absolute atomic E-state index is 12.7. The van der Waals surface area contributed by atoms with Gasteiger partial charge in [-0.05, 0) is 61.1 Å². The van der Waals surface area contributed by atoms with Crippen LogP contribution in [-0.2, 0) is 9.59 Å². The molecule has 0 radical (unpaired) electrons. The number of aryl methyl sites for hydroxylation is 1. The second kappa shape index (κ2) is 6.64. The third kappa shape index (κ3) is 3.18. The Morgan fingerprint density at radius 3 is 2.75 bits per heavy atom. The largest absolute Gasteiger partial charge is 0.465 e. The summed E-state index contributed by atoms with van der Waals surface area (Å²) in [6.07, 6.45) is 6.25.